The van der Waals surface area contributed by atoms with Crippen LogP contribution in [0.2, 0.25) is 0 Å². The second-order valence-electron chi connectivity index (χ2n) is 3.24. The number of methoxy groups -OCH3 is 1. The van der Waals surface area contributed by atoms with Crippen molar-refractivity contribution in [2.75, 3.05) is 7.11 Å². The minimum atomic E-state index is -0.810. The SMILES string of the molecule is COc1ccc(CN)cc1CCC(=O)O. The Balaban J connectivity index is 2.85. The van der Waals surface area contributed by atoms with E-state index in [1.807, 2.05) is 18.2 Å². The van der Waals surface area contributed by atoms with Crippen LogP contribution in [0.15, 0.2) is 18.2 Å². The molecule has 82 valence electrons. The molecule has 4 nitrogen and oxygen atoms in total. The molecule has 0 fully saturated rings. The van der Waals surface area contributed by atoms with E-state index in [0.29, 0.717) is 18.7 Å². The normalized spacial score (nSPS) is 10.0. The molecule has 0 saturated heterocycles. The molecule has 1 rings (SSSR count). The van der Waals surface area contributed by atoms with Gasteiger partial charge < -0.3 is 15.6 Å². The summed E-state index contributed by atoms with van der Waals surface area (Å²) in [5, 5.41) is 8.60. The van der Waals surface area contributed by atoms with E-state index < -0.39 is 5.97 Å². The van der Waals surface area contributed by atoms with Gasteiger partial charge in [0.15, 0.2) is 0 Å². The predicted molar refractivity (Wildman–Crippen MR) is 56.8 cm³/mol. The van der Waals surface area contributed by atoms with Crippen LogP contribution in [0.4, 0.5) is 0 Å². The number of hydrogen-bond acceptors (Lipinski definition) is 3. The van der Waals surface area contributed by atoms with Crippen molar-refractivity contribution < 1.29 is 14.6 Å². The first-order valence-corrected chi connectivity index (χ1v) is 4.75. The van der Waals surface area contributed by atoms with Crippen molar-refractivity contribution in [1.29, 1.82) is 0 Å². The molecule has 0 atom stereocenters. The van der Waals surface area contributed by atoms with Gasteiger partial charge in [-0.3, -0.25) is 4.79 Å². The van der Waals surface area contributed by atoms with E-state index >= 15 is 0 Å². The topological polar surface area (TPSA) is 72.5 Å². The summed E-state index contributed by atoms with van der Waals surface area (Å²) in [7, 11) is 1.57. The van der Waals surface area contributed by atoms with Crippen LogP contribution >= 0.6 is 0 Å². The van der Waals surface area contributed by atoms with Gasteiger partial charge in [-0.2, -0.15) is 0 Å². The highest BCUT2D eigenvalue weighted by Gasteiger charge is 2.06. The first kappa shape index (κ1) is 11.5. The third-order valence-corrected chi connectivity index (χ3v) is 2.19. The summed E-state index contributed by atoms with van der Waals surface area (Å²) in [6.07, 6.45) is 0.566. The monoisotopic (exact) mass is 209 g/mol. The van der Waals surface area contributed by atoms with Crippen molar-refractivity contribution in [3.63, 3.8) is 0 Å². The van der Waals surface area contributed by atoms with E-state index in [1.54, 1.807) is 7.11 Å². The van der Waals surface area contributed by atoms with Crippen LogP contribution in [0.3, 0.4) is 0 Å². The molecule has 1 aromatic rings. The third-order valence-electron chi connectivity index (χ3n) is 2.19. The number of ether oxygens (including phenoxy) is 1. The van der Waals surface area contributed by atoms with Crippen LogP contribution in [-0.4, -0.2) is 18.2 Å². The van der Waals surface area contributed by atoms with E-state index in [0.717, 1.165) is 11.1 Å². The van der Waals surface area contributed by atoms with Crippen molar-refractivity contribution in [3.05, 3.63) is 29.3 Å². The van der Waals surface area contributed by atoms with Crippen LogP contribution < -0.4 is 10.5 Å². The van der Waals surface area contributed by atoms with Gasteiger partial charge in [0.05, 0.1) is 7.11 Å². The lowest BCUT2D eigenvalue weighted by molar-refractivity contribution is -0.136. The first-order valence-electron chi connectivity index (χ1n) is 4.75. The molecule has 0 heterocycles. The molecule has 0 radical (unpaired) electrons. The van der Waals surface area contributed by atoms with Gasteiger partial charge >= 0.3 is 5.97 Å². The summed E-state index contributed by atoms with van der Waals surface area (Å²) in [6, 6.07) is 5.59. The Morgan fingerprint density at radius 1 is 1.53 bits per heavy atom. The fraction of sp³-hybridized carbons (Fsp3) is 0.364. The van der Waals surface area contributed by atoms with Crippen molar-refractivity contribution in [3.8, 4) is 5.75 Å². The Kier molecular flexibility index (Phi) is 4.12. The molecule has 0 saturated carbocycles. The molecular formula is C11H15NO3. The summed E-state index contributed by atoms with van der Waals surface area (Å²) in [6.45, 7) is 0.448. The number of carboxylic acid groups (broad SMARTS) is 1. The lowest BCUT2D eigenvalue weighted by Gasteiger charge is -2.09. The zero-order chi connectivity index (χ0) is 11.3. The van der Waals surface area contributed by atoms with Crippen LogP contribution in [0.25, 0.3) is 0 Å². The summed E-state index contributed by atoms with van der Waals surface area (Å²) < 4.78 is 5.14. The molecule has 0 amide bonds. The number of benzene rings is 1. The third kappa shape index (κ3) is 3.25. The zero-order valence-corrected chi connectivity index (χ0v) is 8.69. The Morgan fingerprint density at radius 2 is 2.27 bits per heavy atom. The minimum absolute atomic E-state index is 0.102. The fourth-order valence-corrected chi connectivity index (χ4v) is 1.40. The smallest absolute Gasteiger partial charge is 0.303 e. The Bertz CT molecular complexity index is 350. The molecular weight excluding hydrogens is 194 g/mol. The van der Waals surface area contributed by atoms with Gasteiger partial charge in [0.25, 0.3) is 0 Å². The number of carboxylic acids is 1. The average molecular weight is 209 g/mol. The largest absolute Gasteiger partial charge is 0.496 e. The molecule has 0 bridgehead atoms. The van der Waals surface area contributed by atoms with Crippen molar-refractivity contribution in [1.82, 2.24) is 0 Å². The second kappa shape index (κ2) is 5.36. The number of hydrogen-bond donors (Lipinski definition) is 2. The van der Waals surface area contributed by atoms with E-state index in [2.05, 4.69) is 0 Å². The average Bonchev–Trinajstić information content (AvgIpc) is 2.25. The van der Waals surface area contributed by atoms with Crippen molar-refractivity contribution in [2.24, 2.45) is 5.73 Å². The molecule has 3 N–H and O–H groups in total. The Morgan fingerprint density at radius 3 is 2.80 bits per heavy atom. The summed E-state index contributed by atoms with van der Waals surface area (Å²) in [5.41, 5.74) is 7.38. The number of nitrogens with two attached hydrogens (primary N) is 1. The number of carbonyl (C=O) groups is 1. The molecule has 15 heavy (non-hydrogen) atoms. The maximum atomic E-state index is 10.5. The minimum Gasteiger partial charge on any atom is -0.496 e. The lowest BCUT2D eigenvalue weighted by Crippen LogP contribution is -2.02. The maximum Gasteiger partial charge on any atom is 0.303 e. The summed E-state index contributed by atoms with van der Waals surface area (Å²) >= 11 is 0. The lowest BCUT2D eigenvalue weighted by atomic mass is 10.1. The van der Waals surface area contributed by atoms with Crippen LogP contribution in [0.1, 0.15) is 17.5 Å². The molecule has 0 spiro atoms. The molecule has 0 unspecified atom stereocenters. The van der Waals surface area contributed by atoms with Crippen LogP contribution in [-0.2, 0) is 17.8 Å². The first-order chi connectivity index (χ1) is 7.17. The van der Waals surface area contributed by atoms with Crippen molar-refractivity contribution >= 4 is 5.97 Å². The molecule has 0 aliphatic heterocycles. The highest BCUT2D eigenvalue weighted by molar-refractivity contribution is 5.67. The molecule has 1 aromatic carbocycles. The number of aryl methyl sites for hydroxylation is 1. The highest BCUT2D eigenvalue weighted by atomic mass is 16.5. The quantitative estimate of drug-likeness (QED) is 0.763. The Labute approximate surface area is 88.7 Å². The maximum absolute atomic E-state index is 10.5. The van der Waals surface area contributed by atoms with E-state index in [1.165, 1.54) is 0 Å². The van der Waals surface area contributed by atoms with E-state index in [9.17, 15) is 4.79 Å². The van der Waals surface area contributed by atoms with Gasteiger partial charge in [0.2, 0.25) is 0 Å². The highest BCUT2D eigenvalue weighted by Crippen LogP contribution is 2.21. The molecule has 0 aromatic heterocycles. The van der Waals surface area contributed by atoms with E-state index in [-0.39, 0.29) is 6.42 Å². The van der Waals surface area contributed by atoms with Gasteiger partial charge in [0, 0.05) is 13.0 Å². The molecule has 0 aliphatic carbocycles. The van der Waals surface area contributed by atoms with Gasteiger partial charge in [-0.15, -0.1) is 0 Å². The Hall–Kier alpha value is -1.55. The summed E-state index contributed by atoms with van der Waals surface area (Å²) in [5.74, 6) is -0.0938. The summed E-state index contributed by atoms with van der Waals surface area (Å²) in [4.78, 5) is 10.5. The van der Waals surface area contributed by atoms with Crippen LogP contribution in [0, 0.1) is 0 Å². The van der Waals surface area contributed by atoms with E-state index in [4.69, 9.17) is 15.6 Å². The van der Waals surface area contributed by atoms with Crippen molar-refractivity contribution in [2.45, 2.75) is 19.4 Å². The van der Waals surface area contributed by atoms with Crippen LogP contribution in [0.5, 0.6) is 5.75 Å². The molecule has 0 aliphatic rings. The molecule has 4 heteroatoms. The zero-order valence-electron chi connectivity index (χ0n) is 8.69. The van der Waals surface area contributed by atoms with Gasteiger partial charge in [-0.25, -0.2) is 0 Å². The standard InChI is InChI=1S/C11H15NO3/c1-15-10-4-2-8(7-12)6-9(10)3-5-11(13)14/h2,4,6H,3,5,7,12H2,1H3,(H,13,14). The van der Waals surface area contributed by atoms with Gasteiger partial charge in [0.1, 0.15) is 5.75 Å². The number of aliphatic carboxylic acids is 1. The predicted octanol–water partition coefficient (Wildman–Crippen LogP) is 1.17. The second-order valence-corrected chi connectivity index (χ2v) is 3.24. The number of rotatable bonds is 5. The van der Waals surface area contributed by atoms with Gasteiger partial charge in [-0.1, -0.05) is 12.1 Å². The fourth-order valence-electron chi connectivity index (χ4n) is 1.40. The van der Waals surface area contributed by atoms with Gasteiger partial charge in [-0.05, 0) is 23.6 Å².